The first-order valence-electron chi connectivity index (χ1n) is 8.82. The number of hydrogen-bond acceptors (Lipinski definition) is 5. The molecular formula is C19H17N5O2S. The Morgan fingerprint density at radius 1 is 1.04 bits per heavy atom. The zero-order chi connectivity index (χ0) is 18.4. The number of amides is 1. The van der Waals surface area contributed by atoms with Gasteiger partial charge in [-0.1, -0.05) is 6.07 Å². The lowest BCUT2D eigenvalue weighted by molar-refractivity contribution is -0.114. The third-order valence-electron chi connectivity index (χ3n) is 4.94. The molecule has 0 bridgehead atoms. The minimum absolute atomic E-state index is 0.348. The summed E-state index contributed by atoms with van der Waals surface area (Å²) in [5.41, 5.74) is 4.05. The van der Waals surface area contributed by atoms with Gasteiger partial charge in [0.1, 0.15) is 0 Å². The largest absolute Gasteiger partial charge is 0.370 e. The highest BCUT2D eigenvalue weighted by atomic mass is 32.2. The first-order valence-corrected chi connectivity index (χ1v) is 9.97. The van der Waals surface area contributed by atoms with Gasteiger partial charge >= 0.3 is 0 Å². The van der Waals surface area contributed by atoms with Crippen molar-refractivity contribution in [2.24, 2.45) is 0 Å². The van der Waals surface area contributed by atoms with Crippen molar-refractivity contribution in [3.8, 4) is 11.1 Å². The van der Waals surface area contributed by atoms with E-state index in [1.54, 1.807) is 10.9 Å². The van der Waals surface area contributed by atoms with Gasteiger partial charge in [0.05, 0.1) is 23.6 Å². The van der Waals surface area contributed by atoms with Crippen LogP contribution in [0.2, 0.25) is 0 Å². The molecule has 1 fully saturated rings. The topological polar surface area (TPSA) is 80.1 Å². The Morgan fingerprint density at radius 2 is 1.89 bits per heavy atom. The van der Waals surface area contributed by atoms with E-state index in [0.29, 0.717) is 5.03 Å². The molecule has 2 aliphatic heterocycles. The lowest BCUT2D eigenvalue weighted by Crippen LogP contribution is -2.17. The number of carbonyl (C=O) groups is 1. The van der Waals surface area contributed by atoms with Crippen molar-refractivity contribution in [1.29, 1.82) is 0 Å². The van der Waals surface area contributed by atoms with Gasteiger partial charge in [0, 0.05) is 36.3 Å². The quantitative estimate of drug-likeness (QED) is 0.755. The summed E-state index contributed by atoms with van der Waals surface area (Å²) in [6.07, 6.45) is 9.27. The molecule has 1 amide bonds. The van der Waals surface area contributed by atoms with Crippen LogP contribution in [0, 0.1) is 0 Å². The second-order valence-electron chi connectivity index (χ2n) is 6.67. The zero-order valence-corrected chi connectivity index (χ0v) is 15.3. The van der Waals surface area contributed by atoms with E-state index < -0.39 is 11.0 Å². The van der Waals surface area contributed by atoms with Crippen LogP contribution in [0.1, 0.15) is 12.8 Å². The molecule has 0 radical (unpaired) electrons. The molecule has 1 atom stereocenters. The number of carbonyl (C=O) groups excluding carboxylic acids is 1. The number of benzene rings is 1. The van der Waals surface area contributed by atoms with Crippen LogP contribution in [0.5, 0.6) is 0 Å². The minimum atomic E-state index is -1.58. The van der Waals surface area contributed by atoms with E-state index in [2.05, 4.69) is 25.8 Å². The van der Waals surface area contributed by atoms with E-state index in [-0.39, 0.29) is 5.91 Å². The molecule has 136 valence electrons. The third kappa shape index (κ3) is 2.82. The van der Waals surface area contributed by atoms with Gasteiger partial charge in [-0.3, -0.25) is 14.5 Å². The van der Waals surface area contributed by atoms with Gasteiger partial charge in [-0.05, 0) is 36.6 Å². The van der Waals surface area contributed by atoms with Gasteiger partial charge in [0.2, 0.25) is 0 Å². The van der Waals surface area contributed by atoms with E-state index >= 15 is 0 Å². The summed E-state index contributed by atoms with van der Waals surface area (Å²) < 4.78 is 15.9. The predicted molar refractivity (Wildman–Crippen MR) is 105 cm³/mol. The Balaban J connectivity index is 1.53. The molecule has 0 saturated carbocycles. The molecule has 0 spiro atoms. The molecule has 1 unspecified atom stereocenters. The van der Waals surface area contributed by atoms with Gasteiger partial charge in [0.25, 0.3) is 5.91 Å². The SMILES string of the molecule is O=C1C=C(n2ncc3cc(-c4cncc(N5CCCC5)c4)ccc32)S(=O)N1. The molecule has 1 saturated heterocycles. The maximum absolute atomic E-state index is 12.0. The van der Waals surface area contributed by atoms with Crippen LogP contribution in [0.15, 0.2) is 48.9 Å². The molecule has 4 heterocycles. The van der Waals surface area contributed by atoms with Crippen LogP contribution in [0.4, 0.5) is 5.69 Å². The fourth-order valence-corrected chi connectivity index (χ4v) is 4.46. The highest BCUT2D eigenvalue weighted by Gasteiger charge is 2.23. The number of hydrogen-bond donors (Lipinski definition) is 1. The Kier molecular flexibility index (Phi) is 3.78. The molecule has 5 rings (SSSR count). The van der Waals surface area contributed by atoms with Crippen LogP contribution in [0.3, 0.4) is 0 Å². The maximum atomic E-state index is 12.0. The molecular weight excluding hydrogens is 362 g/mol. The number of aromatic nitrogens is 3. The van der Waals surface area contributed by atoms with Gasteiger partial charge in [-0.25, -0.2) is 8.89 Å². The van der Waals surface area contributed by atoms with Crippen LogP contribution < -0.4 is 9.62 Å². The third-order valence-corrected chi connectivity index (χ3v) is 6.00. The Morgan fingerprint density at radius 3 is 2.67 bits per heavy atom. The fourth-order valence-electron chi connectivity index (χ4n) is 3.60. The number of pyridine rings is 1. The molecule has 8 heteroatoms. The van der Waals surface area contributed by atoms with Crippen LogP contribution >= 0.6 is 0 Å². The Hall–Kier alpha value is -3.00. The standard InChI is InChI=1S/C19H17N5O2S/c25-18-9-19(27(26)22-18)24-17-4-3-13(7-15(17)11-21-24)14-8-16(12-20-10-14)23-5-1-2-6-23/h3-4,7-12H,1-2,5-6H2,(H,22,25). The van der Waals surface area contributed by atoms with Crippen molar-refractivity contribution >= 4 is 38.5 Å². The number of fused-ring (bicyclic) bond motifs is 1. The maximum Gasteiger partial charge on any atom is 0.258 e. The summed E-state index contributed by atoms with van der Waals surface area (Å²) in [5, 5.41) is 5.58. The van der Waals surface area contributed by atoms with Crippen molar-refractivity contribution in [1.82, 2.24) is 19.5 Å². The monoisotopic (exact) mass is 379 g/mol. The lowest BCUT2D eigenvalue weighted by Gasteiger charge is -2.17. The lowest BCUT2D eigenvalue weighted by atomic mass is 10.1. The highest BCUT2D eigenvalue weighted by molar-refractivity contribution is 7.93. The van der Waals surface area contributed by atoms with Crippen molar-refractivity contribution in [2.75, 3.05) is 18.0 Å². The molecule has 1 N–H and O–H groups in total. The Labute approximate surface area is 158 Å². The summed E-state index contributed by atoms with van der Waals surface area (Å²) in [4.78, 5) is 18.2. The normalized spacial score (nSPS) is 19.6. The van der Waals surface area contributed by atoms with E-state index in [4.69, 9.17) is 0 Å². The second-order valence-corrected chi connectivity index (χ2v) is 7.83. The highest BCUT2D eigenvalue weighted by Crippen LogP contribution is 2.29. The number of rotatable bonds is 3. The summed E-state index contributed by atoms with van der Waals surface area (Å²) in [6.45, 7) is 2.16. The molecule has 0 aliphatic carbocycles. The van der Waals surface area contributed by atoms with Gasteiger partial charge in [0.15, 0.2) is 16.0 Å². The smallest absolute Gasteiger partial charge is 0.258 e. The molecule has 3 aromatic rings. The second kappa shape index (κ2) is 6.31. The van der Waals surface area contributed by atoms with E-state index in [1.165, 1.54) is 18.9 Å². The summed E-state index contributed by atoms with van der Waals surface area (Å²) >= 11 is 0. The molecule has 2 aliphatic rings. The van der Waals surface area contributed by atoms with Gasteiger partial charge in [-0.15, -0.1) is 0 Å². The summed E-state index contributed by atoms with van der Waals surface area (Å²) in [7, 11) is -1.58. The van der Waals surface area contributed by atoms with Gasteiger partial charge < -0.3 is 4.90 Å². The number of nitrogens with zero attached hydrogens (tertiary/aromatic N) is 4. The molecule has 1 aromatic carbocycles. The number of nitrogens with one attached hydrogen (secondary N) is 1. The van der Waals surface area contributed by atoms with Crippen molar-refractivity contribution in [3.63, 3.8) is 0 Å². The summed E-state index contributed by atoms with van der Waals surface area (Å²) in [6, 6.07) is 8.14. The van der Waals surface area contributed by atoms with E-state index in [0.717, 1.165) is 40.8 Å². The predicted octanol–water partition coefficient (Wildman–Crippen LogP) is 2.29. The van der Waals surface area contributed by atoms with Gasteiger partial charge in [-0.2, -0.15) is 5.10 Å². The molecule has 27 heavy (non-hydrogen) atoms. The molecule has 7 nitrogen and oxygen atoms in total. The van der Waals surface area contributed by atoms with Crippen molar-refractivity contribution < 1.29 is 9.00 Å². The number of anilines is 1. The molecule has 2 aromatic heterocycles. The van der Waals surface area contributed by atoms with Crippen LogP contribution in [-0.4, -0.2) is 38.0 Å². The average Bonchev–Trinajstić information content (AvgIpc) is 3.41. The van der Waals surface area contributed by atoms with E-state index in [9.17, 15) is 9.00 Å². The van der Waals surface area contributed by atoms with Crippen LogP contribution in [0.25, 0.3) is 27.1 Å². The minimum Gasteiger partial charge on any atom is -0.370 e. The van der Waals surface area contributed by atoms with Crippen LogP contribution in [-0.2, 0) is 15.8 Å². The summed E-state index contributed by atoms with van der Waals surface area (Å²) in [5.74, 6) is -0.367. The van der Waals surface area contributed by atoms with Crippen molar-refractivity contribution in [2.45, 2.75) is 12.8 Å². The fraction of sp³-hybridized carbons (Fsp3) is 0.211. The van der Waals surface area contributed by atoms with Crippen molar-refractivity contribution in [3.05, 3.63) is 48.9 Å². The van der Waals surface area contributed by atoms with E-state index in [1.807, 2.05) is 30.6 Å². The first kappa shape index (κ1) is 16.2. The first-order chi connectivity index (χ1) is 13.2. The Bertz CT molecular complexity index is 1110. The zero-order valence-electron chi connectivity index (χ0n) is 14.5. The average molecular weight is 379 g/mol.